The van der Waals surface area contributed by atoms with Gasteiger partial charge in [0.05, 0.1) is 19.3 Å². The van der Waals surface area contributed by atoms with Crippen molar-refractivity contribution in [2.75, 3.05) is 26.3 Å². The number of hydrogen-bond donors (Lipinski definition) is 1. The van der Waals surface area contributed by atoms with E-state index in [0.29, 0.717) is 17.4 Å². The predicted molar refractivity (Wildman–Crippen MR) is 104 cm³/mol. The molecule has 2 aliphatic rings. The summed E-state index contributed by atoms with van der Waals surface area (Å²) in [6.07, 6.45) is 0.687. The van der Waals surface area contributed by atoms with E-state index < -0.39 is 23.3 Å². The quantitative estimate of drug-likeness (QED) is 0.614. The molecule has 1 N–H and O–H groups in total. The normalized spacial score (nSPS) is 21.5. The summed E-state index contributed by atoms with van der Waals surface area (Å²) in [5, 5.41) is 1.04. The van der Waals surface area contributed by atoms with Crippen molar-refractivity contribution in [3.05, 3.63) is 69.3 Å². The number of alkyl halides is 1. The highest BCUT2D eigenvalue weighted by atomic mass is 79.9. The van der Waals surface area contributed by atoms with Gasteiger partial charge in [-0.15, -0.1) is 0 Å². The number of nitrogens with one attached hydrogen (secondary N) is 1. The molecule has 2 aliphatic heterocycles. The van der Waals surface area contributed by atoms with E-state index >= 15 is 0 Å². The molecule has 3 aromatic rings. The van der Waals surface area contributed by atoms with Crippen LogP contribution in [-0.4, -0.2) is 41.9 Å². The Morgan fingerprint density at radius 3 is 2.57 bits per heavy atom. The van der Waals surface area contributed by atoms with Crippen molar-refractivity contribution in [1.29, 1.82) is 0 Å². The van der Waals surface area contributed by atoms with E-state index in [-0.39, 0.29) is 25.3 Å². The predicted octanol–water partition coefficient (Wildman–Crippen LogP) is 4.89. The van der Waals surface area contributed by atoms with Gasteiger partial charge >= 0.3 is 0 Å². The second kappa shape index (κ2) is 6.61. The van der Waals surface area contributed by atoms with E-state index in [0.717, 1.165) is 22.2 Å². The Morgan fingerprint density at radius 1 is 1.18 bits per heavy atom. The maximum absolute atomic E-state index is 14.9. The van der Waals surface area contributed by atoms with Gasteiger partial charge in [0.15, 0.2) is 5.67 Å². The number of benzene rings is 2. The second-order valence-electron chi connectivity index (χ2n) is 7.61. The molecule has 1 fully saturated rings. The summed E-state index contributed by atoms with van der Waals surface area (Å²) in [7, 11) is 0. The van der Waals surface area contributed by atoms with Crippen molar-refractivity contribution in [2.24, 2.45) is 0 Å². The fraction of sp³-hybridized carbons (Fsp3) is 0.333. The van der Waals surface area contributed by atoms with Crippen molar-refractivity contribution in [1.82, 2.24) is 9.88 Å². The van der Waals surface area contributed by atoms with Crippen LogP contribution in [0.4, 0.5) is 13.2 Å². The van der Waals surface area contributed by atoms with Crippen molar-refractivity contribution >= 4 is 26.8 Å². The Bertz CT molecular complexity index is 1040. The molecule has 3 heterocycles. The van der Waals surface area contributed by atoms with Crippen LogP contribution in [0.3, 0.4) is 0 Å². The lowest BCUT2D eigenvalue weighted by Crippen LogP contribution is -2.55. The van der Waals surface area contributed by atoms with E-state index in [4.69, 9.17) is 4.74 Å². The number of fused-ring (bicyclic) bond motifs is 3. The van der Waals surface area contributed by atoms with Crippen LogP contribution in [0.25, 0.3) is 10.9 Å². The number of H-pyrrole nitrogens is 1. The standard InChI is InChI=1S/C21H18BrF3N2O/c22-12-7-15(23)18(16(24)8-12)20-19-14(13-3-1-2-4-17(13)26-19)5-6-27(20)9-21(25)10-28-11-21/h1-4,7-8,20,26H,5-6,9-11H2. The molecule has 1 aromatic heterocycles. The number of para-hydroxylation sites is 1. The third kappa shape index (κ3) is 2.88. The summed E-state index contributed by atoms with van der Waals surface area (Å²) in [4.78, 5) is 5.17. The minimum Gasteiger partial charge on any atom is -0.375 e. The van der Waals surface area contributed by atoms with Crippen molar-refractivity contribution in [3.63, 3.8) is 0 Å². The molecular weight excluding hydrogens is 433 g/mol. The fourth-order valence-electron chi connectivity index (χ4n) is 4.38. The lowest BCUT2D eigenvalue weighted by molar-refractivity contribution is -0.144. The molecule has 0 spiro atoms. The summed E-state index contributed by atoms with van der Waals surface area (Å²) in [5.41, 5.74) is 1.15. The van der Waals surface area contributed by atoms with Gasteiger partial charge in [-0.2, -0.15) is 0 Å². The van der Waals surface area contributed by atoms with Gasteiger partial charge in [0.2, 0.25) is 0 Å². The topological polar surface area (TPSA) is 28.3 Å². The SMILES string of the molecule is Fc1cc(Br)cc(F)c1C1c2[nH]c3ccccc3c2CCN1CC1(F)COC1. The Kier molecular flexibility index (Phi) is 4.30. The Balaban J connectivity index is 1.68. The second-order valence-corrected chi connectivity index (χ2v) is 8.53. The highest BCUT2D eigenvalue weighted by molar-refractivity contribution is 9.10. The molecule has 146 valence electrons. The van der Waals surface area contributed by atoms with Crippen LogP contribution >= 0.6 is 15.9 Å². The van der Waals surface area contributed by atoms with Gasteiger partial charge in [0, 0.05) is 39.7 Å². The smallest absolute Gasteiger partial charge is 0.169 e. The van der Waals surface area contributed by atoms with E-state index in [1.54, 1.807) is 0 Å². The van der Waals surface area contributed by atoms with Crippen LogP contribution in [0.1, 0.15) is 22.9 Å². The Hall–Kier alpha value is -1.83. The Morgan fingerprint density at radius 2 is 1.89 bits per heavy atom. The molecule has 0 saturated carbocycles. The van der Waals surface area contributed by atoms with Crippen molar-refractivity contribution in [3.8, 4) is 0 Å². The molecule has 0 radical (unpaired) electrons. The third-order valence-electron chi connectivity index (χ3n) is 5.66. The number of aromatic amines is 1. The number of rotatable bonds is 3. The molecule has 0 bridgehead atoms. The fourth-order valence-corrected chi connectivity index (χ4v) is 4.78. The number of aromatic nitrogens is 1. The molecular formula is C21H18BrF3N2O. The number of halogens is 4. The van der Waals surface area contributed by atoms with Crippen LogP contribution in [0, 0.1) is 11.6 Å². The van der Waals surface area contributed by atoms with Crippen LogP contribution in [0.2, 0.25) is 0 Å². The molecule has 0 amide bonds. The van der Waals surface area contributed by atoms with Gasteiger partial charge < -0.3 is 9.72 Å². The lowest BCUT2D eigenvalue weighted by atomic mass is 9.90. The largest absolute Gasteiger partial charge is 0.375 e. The molecule has 0 aliphatic carbocycles. The first-order valence-electron chi connectivity index (χ1n) is 9.20. The molecule has 28 heavy (non-hydrogen) atoms. The number of nitrogens with zero attached hydrogens (tertiary/aromatic N) is 1. The molecule has 3 nitrogen and oxygen atoms in total. The molecule has 5 rings (SSSR count). The number of hydrogen-bond acceptors (Lipinski definition) is 2. The summed E-state index contributed by atoms with van der Waals surface area (Å²) >= 11 is 3.14. The monoisotopic (exact) mass is 450 g/mol. The first-order chi connectivity index (χ1) is 13.5. The van der Waals surface area contributed by atoms with Gasteiger partial charge in [-0.25, -0.2) is 13.2 Å². The van der Waals surface area contributed by atoms with Gasteiger partial charge in [-0.05, 0) is 30.2 Å². The highest BCUT2D eigenvalue weighted by Gasteiger charge is 2.44. The minimum atomic E-state index is -1.48. The maximum Gasteiger partial charge on any atom is 0.169 e. The summed E-state index contributed by atoms with van der Waals surface area (Å²) in [6.45, 7) is 0.615. The molecule has 1 atom stereocenters. The Labute approximate surface area is 168 Å². The van der Waals surface area contributed by atoms with E-state index in [2.05, 4.69) is 20.9 Å². The van der Waals surface area contributed by atoms with Crippen molar-refractivity contribution < 1.29 is 17.9 Å². The van der Waals surface area contributed by atoms with Gasteiger partial charge in [0.25, 0.3) is 0 Å². The molecule has 1 unspecified atom stereocenters. The average Bonchev–Trinajstić information content (AvgIpc) is 3.00. The first-order valence-corrected chi connectivity index (χ1v) is 9.99. The molecule has 1 saturated heterocycles. The zero-order chi connectivity index (χ0) is 19.5. The van der Waals surface area contributed by atoms with Crippen LogP contribution < -0.4 is 0 Å². The highest BCUT2D eigenvalue weighted by Crippen LogP contribution is 2.42. The zero-order valence-electron chi connectivity index (χ0n) is 14.9. The lowest BCUT2D eigenvalue weighted by Gasteiger charge is -2.43. The molecule has 7 heteroatoms. The first kappa shape index (κ1) is 18.2. The minimum absolute atomic E-state index is 0.0150. The maximum atomic E-state index is 14.9. The van der Waals surface area contributed by atoms with Gasteiger partial charge in [-0.1, -0.05) is 34.1 Å². The van der Waals surface area contributed by atoms with Gasteiger partial charge in [-0.3, -0.25) is 4.90 Å². The van der Waals surface area contributed by atoms with E-state index in [9.17, 15) is 13.2 Å². The third-order valence-corrected chi connectivity index (χ3v) is 6.12. The van der Waals surface area contributed by atoms with Crippen LogP contribution in [0.15, 0.2) is 40.9 Å². The van der Waals surface area contributed by atoms with E-state index in [1.807, 2.05) is 29.2 Å². The summed E-state index contributed by atoms with van der Waals surface area (Å²) < 4.78 is 50.1. The van der Waals surface area contributed by atoms with Gasteiger partial charge in [0.1, 0.15) is 11.6 Å². The van der Waals surface area contributed by atoms with Crippen LogP contribution in [0.5, 0.6) is 0 Å². The zero-order valence-corrected chi connectivity index (χ0v) is 16.5. The number of ether oxygens (including phenoxy) is 1. The molecule has 2 aromatic carbocycles. The summed E-state index contributed by atoms with van der Waals surface area (Å²) in [6, 6.07) is 9.59. The summed E-state index contributed by atoms with van der Waals surface area (Å²) in [5.74, 6) is -1.29. The average molecular weight is 451 g/mol. The van der Waals surface area contributed by atoms with Crippen LogP contribution in [-0.2, 0) is 11.2 Å². The van der Waals surface area contributed by atoms with Crippen molar-refractivity contribution in [2.45, 2.75) is 18.1 Å². The van der Waals surface area contributed by atoms with E-state index in [1.165, 1.54) is 12.1 Å².